The number of hydrogen-bond donors (Lipinski definition) is 1. The van der Waals surface area contributed by atoms with Crippen molar-refractivity contribution in [3.63, 3.8) is 0 Å². The third-order valence-corrected chi connectivity index (χ3v) is 4.44. The molecule has 0 unspecified atom stereocenters. The summed E-state index contributed by atoms with van der Waals surface area (Å²) in [6, 6.07) is 8.18. The van der Waals surface area contributed by atoms with E-state index < -0.39 is 0 Å². The molecule has 1 saturated heterocycles. The Labute approximate surface area is 133 Å². The molecule has 0 saturated carbocycles. The molecule has 1 heterocycles. The Bertz CT molecular complexity index is 490. The van der Waals surface area contributed by atoms with Crippen molar-refractivity contribution in [2.45, 2.75) is 33.1 Å². The zero-order valence-corrected chi connectivity index (χ0v) is 14.0. The molecule has 1 N–H and O–H groups in total. The predicted molar refractivity (Wildman–Crippen MR) is 90.4 cm³/mol. The maximum atomic E-state index is 12.0. The number of rotatable bonds is 7. The third-order valence-electron chi connectivity index (χ3n) is 4.44. The lowest BCUT2D eigenvalue weighted by atomic mass is 10.0. The molecule has 122 valence electrons. The van der Waals surface area contributed by atoms with Gasteiger partial charge in [-0.1, -0.05) is 26.3 Å². The second-order valence-corrected chi connectivity index (χ2v) is 6.24. The highest BCUT2D eigenvalue weighted by Gasteiger charge is 2.24. The molecule has 0 spiro atoms. The van der Waals surface area contributed by atoms with Crippen LogP contribution in [0.2, 0.25) is 0 Å². The first-order valence-corrected chi connectivity index (χ1v) is 8.30. The van der Waals surface area contributed by atoms with E-state index in [1.54, 1.807) is 7.11 Å². The van der Waals surface area contributed by atoms with E-state index in [-0.39, 0.29) is 11.8 Å². The van der Waals surface area contributed by atoms with Crippen molar-refractivity contribution in [3.05, 3.63) is 24.3 Å². The van der Waals surface area contributed by atoms with Gasteiger partial charge in [-0.2, -0.15) is 0 Å². The van der Waals surface area contributed by atoms with Crippen LogP contribution in [-0.2, 0) is 4.79 Å². The number of carbonyl (C=O) groups excluding carboxylic acids is 1. The second kappa shape index (κ2) is 8.06. The second-order valence-electron chi connectivity index (χ2n) is 6.24. The fraction of sp³-hybridized carbons (Fsp3) is 0.611. The lowest BCUT2D eigenvalue weighted by molar-refractivity contribution is -0.124. The summed E-state index contributed by atoms with van der Waals surface area (Å²) < 4.78 is 5.29. The van der Waals surface area contributed by atoms with E-state index in [9.17, 15) is 4.79 Å². The molecule has 1 aliphatic rings. The zero-order chi connectivity index (χ0) is 15.9. The van der Waals surface area contributed by atoms with Crippen LogP contribution in [0.4, 0.5) is 5.69 Å². The van der Waals surface area contributed by atoms with E-state index in [4.69, 9.17) is 4.74 Å². The number of benzene rings is 1. The number of anilines is 1. The maximum absolute atomic E-state index is 12.0. The molecular weight excluding hydrogens is 276 g/mol. The van der Waals surface area contributed by atoms with Gasteiger partial charge in [0.1, 0.15) is 5.75 Å². The fourth-order valence-corrected chi connectivity index (χ4v) is 3.02. The molecule has 22 heavy (non-hydrogen) atoms. The molecule has 2 atom stereocenters. The van der Waals surface area contributed by atoms with Crippen LogP contribution in [0.5, 0.6) is 5.75 Å². The van der Waals surface area contributed by atoms with Gasteiger partial charge in [0.25, 0.3) is 0 Å². The highest BCUT2D eigenvalue weighted by molar-refractivity contribution is 5.78. The van der Waals surface area contributed by atoms with Crippen LogP contribution >= 0.6 is 0 Å². The number of amides is 1. The SMILES string of the molecule is CCC[C@H](C)C(=O)NC[C@H]1CCN(c2cccc(OC)c2)C1. The Morgan fingerprint density at radius 1 is 1.50 bits per heavy atom. The van der Waals surface area contributed by atoms with Crippen molar-refractivity contribution in [2.75, 3.05) is 31.6 Å². The summed E-state index contributed by atoms with van der Waals surface area (Å²) in [7, 11) is 1.69. The molecular formula is C18H28N2O2. The van der Waals surface area contributed by atoms with Crippen LogP contribution < -0.4 is 15.0 Å². The summed E-state index contributed by atoms with van der Waals surface area (Å²) in [5.41, 5.74) is 1.20. The highest BCUT2D eigenvalue weighted by atomic mass is 16.5. The topological polar surface area (TPSA) is 41.6 Å². The van der Waals surface area contributed by atoms with Gasteiger partial charge in [0.05, 0.1) is 7.11 Å². The van der Waals surface area contributed by atoms with E-state index in [1.165, 1.54) is 5.69 Å². The van der Waals surface area contributed by atoms with Gasteiger partial charge < -0.3 is 15.0 Å². The van der Waals surface area contributed by atoms with Gasteiger partial charge in [0.15, 0.2) is 0 Å². The monoisotopic (exact) mass is 304 g/mol. The standard InChI is InChI=1S/C18H28N2O2/c1-4-6-14(2)18(21)19-12-15-9-10-20(13-15)16-7-5-8-17(11-16)22-3/h5,7-8,11,14-15H,4,6,9-10,12-13H2,1-3H3,(H,19,21)/t14-,15+/m0/s1. The number of hydrogen-bond acceptors (Lipinski definition) is 3. The summed E-state index contributed by atoms with van der Waals surface area (Å²) in [4.78, 5) is 14.4. The molecule has 0 aromatic heterocycles. The third kappa shape index (κ3) is 4.39. The van der Waals surface area contributed by atoms with Crippen molar-refractivity contribution >= 4 is 11.6 Å². The first-order chi connectivity index (χ1) is 10.6. The van der Waals surface area contributed by atoms with E-state index >= 15 is 0 Å². The van der Waals surface area contributed by atoms with Gasteiger partial charge in [-0.25, -0.2) is 0 Å². The Morgan fingerprint density at radius 2 is 2.32 bits per heavy atom. The summed E-state index contributed by atoms with van der Waals surface area (Å²) in [6.07, 6.45) is 3.15. The Kier molecular flexibility index (Phi) is 6.10. The van der Waals surface area contributed by atoms with Crippen LogP contribution in [0.25, 0.3) is 0 Å². The average Bonchev–Trinajstić information content (AvgIpc) is 3.02. The minimum atomic E-state index is 0.126. The normalized spacial score (nSPS) is 19.0. The van der Waals surface area contributed by atoms with Gasteiger partial charge >= 0.3 is 0 Å². The van der Waals surface area contributed by atoms with Gasteiger partial charge in [-0.05, 0) is 30.9 Å². The molecule has 1 amide bonds. The van der Waals surface area contributed by atoms with E-state index in [0.717, 1.165) is 44.6 Å². The van der Waals surface area contributed by atoms with Crippen molar-refractivity contribution < 1.29 is 9.53 Å². The van der Waals surface area contributed by atoms with Crippen LogP contribution in [0.15, 0.2) is 24.3 Å². The Balaban J connectivity index is 1.81. The molecule has 1 aromatic carbocycles. The summed E-state index contributed by atoms with van der Waals surface area (Å²) in [6.45, 7) is 6.95. The number of ether oxygens (including phenoxy) is 1. The van der Waals surface area contributed by atoms with Crippen LogP contribution in [0.1, 0.15) is 33.1 Å². The first-order valence-electron chi connectivity index (χ1n) is 8.30. The van der Waals surface area contributed by atoms with Crippen molar-refractivity contribution in [1.82, 2.24) is 5.32 Å². The maximum Gasteiger partial charge on any atom is 0.222 e. The summed E-state index contributed by atoms with van der Waals surface area (Å²) in [5.74, 6) is 1.74. The fourth-order valence-electron chi connectivity index (χ4n) is 3.02. The molecule has 2 rings (SSSR count). The molecule has 4 nitrogen and oxygen atoms in total. The lowest BCUT2D eigenvalue weighted by Crippen LogP contribution is -2.34. The predicted octanol–water partition coefficient (Wildman–Crippen LogP) is 3.07. The van der Waals surface area contributed by atoms with Crippen molar-refractivity contribution in [2.24, 2.45) is 11.8 Å². The van der Waals surface area contributed by atoms with Gasteiger partial charge in [-0.3, -0.25) is 4.79 Å². The average molecular weight is 304 g/mol. The van der Waals surface area contributed by atoms with Gasteiger partial charge in [-0.15, -0.1) is 0 Å². The number of carbonyl (C=O) groups is 1. The van der Waals surface area contributed by atoms with E-state index in [2.05, 4.69) is 29.3 Å². The molecule has 1 fully saturated rings. The van der Waals surface area contributed by atoms with E-state index in [1.807, 2.05) is 19.1 Å². The summed E-state index contributed by atoms with van der Waals surface area (Å²) >= 11 is 0. The number of nitrogens with one attached hydrogen (secondary N) is 1. The largest absolute Gasteiger partial charge is 0.497 e. The minimum absolute atomic E-state index is 0.126. The molecule has 1 aliphatic heterocycles. The van der Waals surface area contributed by atoms with E-state index in [0.29, 0.717) is 5.92 Å². The minimum Gasteiger partial charge on any atom is -0.497 e. The van der Waals surface area contributed by atoms with Crippen molar-refractivity contribution in [3.8, 4) is 5.75 Å². The summed E-state index contributed by atoms with van der Waals surface area (Å²) in [5, 5.41) is 3.11. The lowest BCUT2D eigenvalue weighted by Gasteiger charge is -2.20. The Morgan fingerprint density at radius 3 is 3.05 bits per heavy atom. The number of nitrogens with zero attached hydrogens (tertiary/aromatic N) is 1. The van der Waals surface area contributed by atoms with Gasteiger partial charge in [0, 0.05) is 37.3 Å². The molecule has 0 radical (unpaired) electrons. The first kappa shape index (κ1) is 16.7. The van der Waals surface area contributed by atoms with Gasteiger partial charge in [0.2, 0.25) is 5.91 Å². The number of methoxy groups -OCH3 is 1. The van der Waals surface area contributed by atoms with Crippen molar-refractivity contribution in [1.29, 1.82) is 0 Å². The molecule has 0 aliphatic carbocycles. The molecule has 4 heteroatoms. The smallest absolute Gasteiger partial charge is 0.222 e. The quantitative estimate of drug-likeness (QED) is 0.841. The van der Waals surface area contributed by atoms with Crippen LogP contribution in [0.3, 0.4) is 0 Å². The van der Waals surface area contributed by atoms with Crippen LogP contribution in [0, 0.1) is 11.8 Å². The zero-order valence-electron chi connectivity index (χ0n) is 14.0. The molecule has 1 aromatic rings. The highest BCUT2D eigenvalue weighted by Crippen LogP contribution is 2.26. The Hall–Kier alpha value is -1.71. The van der Waals surface area contributed by atoms with Crippen LogP contribution in [-0.4, -0.2) is 32.7 Å². The molecule has 0 bridgehead atoms.